The summed E-state index contributed by atoms with van der Waals surface area (Å²) in [6.45, 7) is 5.43. The number of aryl methyl sites for hydroxylation is 1. The predicted octanol–water partition coefficient (Wildman–Crippen LogP) is 5.40. The first-order chi connectivity index (χ1) is 14.1. The minimum absolute atomic E-state index is 0.0112. The average Bonchev–Trinajstić information content (AvgIpc) is 3.12. The number of carbonyl (C=O) groups excluding carboxylic acids is 1. The Labute approximate surface area is 172 Å². The molecule has 0 aliphatic carbocycles. The third-order valence-electron chi connectivity index (χ3n) is 5.29. The van der Waals surface area contributed by atoms with Crippen LogP contribution < -0.4 is 0 Å². The van der Waals surface area contributed by atoms with E-state index in [1.165, 1.54) is 0 Å². The number of para-hydroxylation sites is 1. The van der Waals surface area contributed by atoms with E-state index in [1.54, 1.807) is 6.08 Å². The van der Waals surface area contributed by atoms with Gasteiger partial charge in [-0.05, 0) is 31.1 Å². The van der Waals surface area contributed by atoms with Gasteiger partial charge in [0.15, 0.2) is 0 Å². The summed E-state index contributed by atoms with van der Waals surface area (Å²) in [7, 11) is 0. The van der Waals surface area contributed by atoms with Crippen molar-refractivity contribution >= 4 is 22.9 Å². The number of rotatable bonds is 8. The second-order valence-electron chi connectivity index (χ2n) is 7.25. The highest BCUT2D eigenvalue weighted by molar-refractivity contribution is 5.96. The summed E-state index contributed by atoms with van der Waals surface area (Å²) in [5, 5.41) is 10.0. The van der Waals surface area contributed by atoms with E-state index >= 15 is 0 Å². The number of benzene rings is 2. The average molecular weight is 386 g/mol. The molecule has 3 rings (SSSR count). The Kier molecular flexibility index (Phi) is 6.86. The van der Waals surface area contributed by atoms with Crippen molar-refractivity contribution in [2.75, 3.05) is 0 Å². The lowest BCUT2D eigenvalue weighted by atomic mass is 10.1. The normalized spacial score (nSPS) is 12.2. The van der Waals surface area contributed by atoms with Gasteiger partial charge in [0.05, 0.1) is 12.5 Å². The van der Waals surface area contributed by atoms with Crippen molar-refractivity contribution in [1.82, 2.24) is 9.47 Å². The van der Waals surface area contributed by atoms with Crippen LogP contribution in [0.5, 0.6) is 0 Å². The third kappa shape index (κ3) is 4.94. The molecule has 1 amide bonds. The number of nitrogens with zero attached hydrogens (tertiary/aromatic N) is 3. The number of hydrogen-bond acceptors (Lipinski definition) is 2. The highest BCUT2D eigenvalue weighted by Gasteiger charge is 2.17. The van der Waals surface area contributed by atoms with E-state index in [4.69, 9.17) is 5.26 Å². The second kappa shape index (κ2) is 9.75. The van der Waals surface area contributed by atoms with Gasteiger partial charge >= 0.3 is 0 Å². The minimum Gasteiger partial charge on any atom is -0.346 e. The molecule has 2 aromatic carbocycles. The van der Waals surface area contributed by atoms with Crippen LogP contribution in [0, 0.1) is 11.3 Å². The maximum atomic E-state index is 13.0. The number of carbonyl (C=O) groups is 1. The summed E-state index contributed by atoms with van der Waals surface area (Å²) >= 11 is 0. The van der Waals surface area contributed by atoms with E-state index in [0.717, 1.165) is 28.5 Å². The molecule has 0 aliphatic rings. The molecule has 3 aromatic rings. The Hall–Kier alpha value is -3.32. The SMILES string of the molecule is CCC(C)N(Cc1ccccc1)C(=O)/C=C/c1cn(CCC#N)c2ccccc12. The van der Waals surface area contributed by atoms with Gasteiger partial charge in [0.1, 0.15) is 0 Å². The van der Waals surface area contributed by atoms with E-state index in [1.807, 2.05) is 53.6 Å². The standard InChI is InChI=1S/C25H27N3O/c1-3-20(2)28(18-21-10-5-4-6-11-21)25(29)15-14-22-19-27(17-9-16-26)24-13-8-7-12-23(22)24/h4-8,10-15,19-20H,3,9,17-18H2,1-2H3/b15-14+. The van der Waals surface area contributed by atoms with Crippen LogP contribution in [0.25, 0.3) is 17.0 Å². The van der Waals surface area contributed by atoms with Gasteiger partial charge in [-0.3, -0.25) is 4.79 Å². The van der Waals surface area contributed by atoms with Crippen LogP contribution in [0.4, 0.5) is 0 Å². The largest absolute Gasteiger partial charge is 0.346 e. The maximum Gasteiger partial charge on any atom is 0.247 e. The summed E-state index contributed by atoms with van der Waals surface area (Å²) in [6.07, 6.45) is 6.95. The van der Waals surface area contributed by atoms with Crippen LogP contribution in [0.15, 0.2) is 66.9 Å². The Morgan fingerprint density at radius 2 is 1.90 bits per heavy atom. The molecule has 1 unspecified atom stereocenters. The van der Waals surface area contributed by atoms with Gasteiger partial charge < -0.3 is 9.47 Å². The zero-order valence-corrected chi connectivity index (χ0v) is 17.1. The fraction of sp³-hybridized carbons (Fsp3) is 0.280. The topological polar surface area (TPSA) is 49.0 Å². The monoisotopic (exact) mass is 385 g/mol. The first-order valence-electron chi connectivity index (χ1n) is 10.1. The Morgan fingerprint density at radius 3 is 2.62 bits per heavy atom. The first kappa shape index (κ1) is 20.4. The molecule has 0 fully saturated rings. The maximum absolute atomic E-state index is 13.0. The molecule has 148 valence electrons. The van der Waals surface area contributed by atoms with Gasteiger partial charge in [0.2, 0.25) is 5.91 Å². The van der Waals surface area contributed by atoms with E-state index in [9.17, 15) is 4.79 Å². The van der Waals surface area contributed by atoms with Crippen molar-refractivity contribution in [3.8, 4) is 6.07 Å². The molecule has 4 heteroatoms. The quantitative estimate of drug-likeness (QED) is 0.488. The number of amides is 1. The molecule has 1 heterocycles. The lowest BCUT2D eigenvalue weighted by Crippen LogP contribution is -2.36. The highest BCUT2D eigenvalue weighted by Crippen LogP contribution is 2.23. The lowest BCUT2D eigenvalue weighted by molar-refractivity contribution is -0.128. The summed E-state index contributed by atoms with van der Waals surface area (Å²) < 4.78 is 2.08. The van der Waals surface area contributed by atoms with E-state index in [2.05, 4.69) is 42.7 Å². The zero-order valence-electron chi connectivity index (χ0n) is 17.1. The summed E-state index contributed by atoms with van der Waals surface area (Å²) in [6, 6.07) is 20.5. The van der Waals surface area contributed by atoms with Gasteiger partial charge in [-0.15, -0.1) is 0 Å². The van der Waals surface area contributed by atoms with Crippen molar-refractivity contribution < 1.29 is 4.79 Å². The van der Waals surface area contributed by atoms with Crippen LogP contribution in [0.3, 0.4) is 0 Å². The van der Waals surface area contributed by atoms with E-state index in [0.29, 0.717) is 19.5 Å². The molecular formula is C25H27N3O. The Bertz CT molecular complexity index is 1030. The number of aromatic nitrogens is 1. The summed E-state index contributed by atoms with van der Waals surface area (Å²) in [5.41, 5.74) is 3.20. The van der Waals surface area contributed by atoms with E-state index < -0.39 is 0 Å². The summed E-state index contributed by atoms with van der Waals surface area (Å²) in [5.74, 6) is 0.0112. The Balaban J connectivity index is 1.85. The highest BCUT2D eigenvalue weighted by atomic mass is 16.2. The van der Waals surface area contributed by atoms with Crippen molar-refractivity contribution in [3.63, 3.8) is 0 Å². The first-order valence-corrected chi connectivity index (χ1v) is 10.1. The third-order valence-corrected chi connectivity index (χ3v) is 5.29. The van der Waals surface area contributed by atoms with Crippen molar-refractivity contribution in [1.29, 1.82) is 5.26 Å². The van der Waals surface area contributed by atoms with Gasteiger partial charge in [-0.1, -0.05) is 55.5 Å². The van der Waals surface area contributed by atoms with Crippen molar-refractivity contribution in [3.05, 3.63) is 78.0 Å². The lowest BCUT2D eigenvalue weighted by Gasteiger charge is -2.27. The fourth-order valence-electron chi connectivity index (χ4n) is 3.47. The van der Waals surface area contributed by atoms with Gasteiger partial charge in [0, 0.05) is 47.9 Å². The molecular weight excluding hydrogens is 358 g/mol. The molecule has 0 spiro atoms. The van der Waals surface area contributed by atoms with Crippen molar-refractivity contribution in [2.45, 2.75) is 45.8 Å². The molecule has 29 heavy (non-hydrogen) atoms. The van der Waals surface area contributed by atoms with Crippen LogP contribution in [-0.2, 0) is 17.9 Å². The molecule has 0 saturated heterocycles. The van der Waals surface area contributed by atoms with Crippen molar-refractivity contribution in [2.24, 2.45) is 0 Å². The molecule has 1 atom stereocenters. The Morgan fingerprint density at radius 1 is 1.17 bits per heavy atom. The van der Waals surface area contributed by atoms with Crippen LogP contribution in [0.2, 0.25) is 0 Å². The van der Waals surface area contributed by atoms with Gasteiger partial charge in [0.25, 0.3) is 0 Å². The molecule has 1 aromatic heterocycles. The molecule has 0 radical (unpaired) electrons. The van der Waals surface area contributed by atoms with E-state index in [-0.39, 0.29) is 11.9 Å². The predicted molar refractivity (Wildman–Crippen MR) is 118 cm³/mol. The molecule has 0 saturated carbocycles. The minimum atomic E-state index is 0.0112. The smallest absolute Gasteiger partial charge is 0.247 e. The van der Waals surface area contributed by atoms with Crippen LogP contribution >= 0.6 is 0 Å². The second-order valence-corrected chi connectivity index (χ2v) is 7.25. The number of hydrogen-bond donors (Lipinski definition) is 0. The van der Waals surface area contributed by atoms with Gasteiger partial charge in [-0.2, -0.15) is 5.26 Å². The molecule has 4 nitrogen and oxygen atoms in total. The molecule has 0 N–H and O–H groups in total. The summed E-state index contributed by atoms with van der Waals surface area (Å²) in [4.78, 5) is 14.9. The van der Waals surface area contributed by atoms with Crippen LogP contribution in [0.1, 0.15) is 37.8 Å². The fourth-order valence-corrected chi connectivity index (χ4v) is 3.47. The van der Waals surface area contributed by atoms with Gasteiger partial charge in [-0.25, -0.2) is 0 Å². The molecule has 0 bridgehead atoms. The van der Waals surface area contributed by atoms with Crippen LogP contribution in [-0.4, -0.2) is 21.4 Å². The number of nitriles is 1. The molecule has 0 aliphatic heterocycles. The number of fused-ring (bicyclic) bond motifs is 1. The zero-order chi connectivity index (χ0) is 20.6.